The van der Waals surface area contributed by atoms with E-state index in [9.17, 15) is 10.0 Å². The molecule has 3 nitrogen and oxygen atoms in total. The van der Waals surface area contributed by atoms with Gasteiger partial charge < -0.3 is 5.21 Å². The Hall–Kier alpha value is -0.410. The third-order valence-electron chi connectivity index (χ3n) is 4.19. The van der Waals surface area contributed by atoms with E-state index in [0.717, 1.165) is 38.5 Å². The SMILES string of the molecule is CCC1CC[N+]([O-])(C2CCCCC2)C1=O. The van der Waals surface area contributed by atoms with E-state index in [1.54, 1.807) is 0 Å². The van der Waals surface area contributed by atoms with Crippen LogP contribution in [-0.2, 0) is 4.79 Å². The van der Waals surface area contributed by atoms with Crippen molar-refractivity contribution in [1.82, 2.24) is 0 Å². The van der Waals surface area contributed by atoms with Crippen molar-refractivity contribution in [3.63, 3.8) is 0 Å². The number of amides is 1. The molecule has 0 aromatic carbocycles. The van der Waals surface area contributed by atoms with Crippen LogP contribution in [0.5, 0.6) is 0 Å². The minimum Gasteiger partial charge on any atom is -0.625 e. The Morgan fingerprint density at radius 1 is 1.27 bits per heavy atom. The lowest BCUT2D eigenvalue weighted by Crippen LogP contribution is -2.53. The summed E-state index contributed by atoms with van der Waals surface area (Å²) < 4.78 is -0.488. The second-order valence-corrected chi connectivity index (χ2v) is 5.04. The molecular formula is C12H21NO2. The number of rotatable bonds is 2. The molecule has 2 rings (SSSR count). The molecule has 0 spiro atoms. The highest BCUT2D eigenvalue weighted by molar-refractivity contribution is 5.74. The van der Waals surface area contributed by atoms with Crippen molar-refractivity contribution in [3.05, 3.63) is 5.21 Å². The van der Waals surface area contributed by atoms with Crippen LogP contribution in [-0.4, -0.2) is 23.1 Å². The van der Waals surface area contributed by atoms with Crippen LogP contribution in [0.3, 0.4) is 0 Å². The molecule has 2 atom stereocenters. The van der Waals surface area contributed by atoms with E-state index in [-0.39, 0.29) is 17.9 Å². The summed E-state index contributed by atoms with van der Waals surface area (Å²) in [5.74, 6) is 0.0221. The number of hydrogen-bond acceptors (Lipinski definition) is 2. The van der Waals surface area contributed by atoms with Gasteiger partial charge in [-0.15, -0.1) is 0 Å². The zero-order chi connectivity index (χ0) is 10.9. The van der Waals surface area contributed by atoms with Gasteiger partial charge in [0.15, 0.2) is 0 Å². The first-order valence-electron chi connectivity index (χ1n) is 6.31. The fourth-order valence-electron chi connectivity index (χ4n) is 3.13. The summed E-state index contributed by atoms with van der Waals surface area (Å²) in [6.07, 6.45) is 7.09. The summed E-state index contributed by atoms with van der Waals surface area (Å²) in [6, 6.07) is 0.0859. The molecule has 2 unspecified atom stereocenters. The smallest absolute Gasteiger partial charge is 0.317 e. The average Bonchev–Trinajstić information content (AvgIpc) is 2.58. The third kappa shape index (κ3) is 1.83. The van der Waals surface area contributed by atoms with Crippen LogP contribution in [0.2, 0.25) is 0 Å². The standard InChI is InChI=1S/C12H21NO2/c1-2-10-8-9-13(15,12(10)14)11-6-4-3-5-7-11/h10-11H,2-9H2,1H3. The first-order valence-corrected chi connectivity index (χ1v) is 6.31. The van der Waals surface area contributed by atoms with E-state index in [1.807, 2.05) is 6.92 Å². The molecule has 1 saturated heterocycles. The summed E-state index contributed by atoms with van der Waals surface area (Å²) in [5, 5.41) is 12.5. The van der Waals surface area contributed by atoms with Crippen LogP contribution < -0.4 is 0 Å². The first-order chi connectivity index (χ1) is 7.18. The van der Waals surface area contributed by atoms with Crippen molar-refractivity contribution >= 4 is 5.91 Å². The van der Waals surface area contributed by atoms with E-state index in [1.165, 1.54) is 6.42 Å². The third-order valence-corrected chi connectivity index (χ3v) is 4.19. The Balaban J connectivity index is 2.09. The van der Waals surface area contributed by atoms with Crippen LogP contribution in [0.15, 0.2) is 0 Å². The van der Waals surface area contributed by atoms with E-state index < -0.39 is 4.65 Å². The monoisotopic (exact) mass is 211 g/mol. The Morgan fingerprint density at radius 3 is 2.47 bits per heavy atom. The fourth-order valence-corrected chi connectivity index (χ4v) is 3.13. The van der Waals surface area contributed by atoms with E-state index in [0.29, 0.717) is 6.54 Å². The molecule has 0 N–H and O–H groups in total. The van der Waals surface area contributed by atoms with Crippen LogP contribution in [0.25, 0.3) is 0 Å². The van der Waals surface area contributed by atoms with Gasteiger partial charge in [0, 0.05) is 19.3 Å². The normalized spacial score (nSPS) is 38.5. The molecule has 1 amide bonds. The quantitative estimate of drug-likeness (QED) is 0.520. The summed E-state index contributed by atoms with van der Waals surface area (Å²) in [4.78, 5) is 12.0. The molecule has 2 fully saturated rings. The number of nitrogens with zero attached hydrogens (tertiary/aromatic N) is 1. The number of carbonyl (C=O) groups is 1. The first kappa shape index (κ1) is 11.1. The topological polar surface area (TPSA) is 40.1 Å². The Kier molecular flexibility index (Phi) is 3.12. The van der Waals surface area contributed by atoms with Gasteiger partial charge in [-0.05, 0) is 19.3 Å². The maximum absolute atomic E-state index is 12.5. The van der Waals surface area contributed by atoms with Crippen molar-refractivity contribution in [2.75, 3.05) is 6.54 Å². The summed E-state index contributed by atoms with van der Waals surface area (Å²) >= 11 is 0. The van der Waals surface area contributed by atoms with Gasteiger partial charge in [-0.25, -0.2) is 4.79 Å². The highest BCUT2D eigenvalue weighted by Crippen LogP contribution is 2.35. The number of likely N-dealkylation sites (tertiary alicyclic amines) is 1. The molecule has 1 aliphatic heterocycles. The van der Waals surface area contributed by atoms with Gasteiger partial charge in [-0.1, -0.05) is 13.3 Å². The second kappa shape index (κ2) is 4.22. The van der Waals surface area contributed by atoms with E-state index in [4.69, 9.17) is 0 Å². The maximum Gasteiger partial charge on any atom is 0.317 e. The Morgan fingerprint density at radius 2 is 1.93 bits per heavy atom. The maximum atomic E-state index is 12.5. The highest BCUT2D eigenvalue weighted by Gasteiger charge is 2.45. The number of carbonyl (C=O) groups excluding carboxylic acids is 1. The Labute approximate surface area is 91.6 Å². The highest BCUT2D eigenvalue weighted by atomic mass is 16.6. The predicted molar refractivity (Wildman–Crippen MR) is 58.8 cm³/mol. The molecule has 0 aromatic heterocycles. The van der Waals surface area contributed by atoms with Crippen LogP contribution in [0.4, 0.5) is 0 Å². The number of quaternary nitrogens is 1. The van der Waals surface area contributed by atoms with Crippen molar-refractivity contribution in [2.24, 2.45) is 5.92 Å². The molecular weight excluding hydrogens is 190 g/mol. The molecule has 0 bridgehead atoms. The molecule has 1 aliphatic carbocycles. The van der Waals surface area contributed by atoms with Gasteiger partial charge >= 0.3 is 5.91 Å². The van der Waals surface area contributed by atoms with Crippen LogP contribution in [0, 0.1) is 11.1 Å². The van der Waals surface area contributed by atoms with Crippen molar-refractivity contribution in [1.29, 1.82) is 0 Å². The van der Waals surface area contributed by atoms with Crippen molar-refractivity contribution in [2.45, 2.75) is 57.9 Å². The summed E-state index contributed by atoms with van der Waals surface area (Å²) in [7, 11) is 0. The number of hydroxylamine groups is 3. The van der Waals surface area contributed by atoms with E-state index >= 15 is 0 Å². The average molecular weight is 211 g/mol. The summed E-state index contributed by atoms with van der Waals surface area (Å²) in [5.41, 5.74) is 0. The van der Waals surface area contributed by atoms with Gasteiger partial charge in [0.1, 0.15) is 0 Å². The second-order valence-electron chi connectivity index (χ2n) is 5.04. The van der Waals surface area contributed by atoms with Crippen LogP contribution in [0.1, 0.15) is 51.9 Å². The van der Waals surface area contributed by atoms with Gasteiger partial charge in [0.2, 0.25) is 0 Å². The largest absolute Gasteiger partial charge is 0.625 e. The van der Waals surface area contributed by atoms with E-state index in [2.05, 4.69) is 0 Å². The zero-order valence-electron chi connectivity index (χ0n) is 9.58. The van der Waals surface area contributed by atoms with Gasteiger partial charge in [-0.3, -0.25) is 4.65 Å². The molecule has 3 heteroatoms. The fraction of sp³-hybridized carbons (Fsp3) is 0.917. The lowest BCUT2D eigenvalue weighted by Gasteiger charge is -2.44. The lowest BCUT2D eigenvalue weighted by atomic mass is 9.94. The lowest BCUT2D eigenvalue weighted by molar-refractivity contribution is -0.825. The van der Waals surface area contributed by atoms with Crippen molar-refractivity contribution < 1.29 is 9.44 Å². The van der Waals surface area contributed by atoms with Gasteiger partial charge in [0.25, 0.3) is 0 Å². The Bertz CT molecular complexity index is 248. The van der Waals surface area contributed by atoms with Crippen molar-refractivity contribution in [3.8, 4) is 0 Å². The van der Waals surface area contributed by atoms with Gasteiger partial charge in [-0.2, -0.15) is 0 Å². The molecule has 1 heterocycles. The zero-order valence-corrected chi connectivity index (χ0v) is 9.58. The summed E-state index contributed by atoms with van der Waals surface area (Å²) in [6.45, 7) is 2.56. The molecule has 0 aromatic rings. The molecule has 2 aliphatic rings. The molecule has 1 saturated carbocycles. The predicted octanol–water partition coefficient (Wildman–Crippen LogP) is 2.59. The minimum atomic E-state index is -0.488. The molecule has 86 valence electrons. The molecule has 0 radical (unpaired) electrons. The molecule has 15 heavy (non-hydrogen) atoms. The minimum absolute atomic E-state index is 0.0237. The van der Waals surface area contributed by atoms with Gasteiger partial charge in [0.05, 0.1) is 18.5 Å². The number of hydrogen-bond donors (Lipinski definition) is 0. The van der Waals surface area contributed by atoms with Crippen LogP contribution >= 0.6 is 0 Å².